The van der Waals surface area contributed by atoms with Gasteiger partial charge in [0.1, 0.15) is 0 Å². The van der Waals surface area contributed by atoms with Gasteiger partial charge in [0.25, 0.3) is 0 Å². The van der Waals surface area contributed by atoms with Gasteiger partial charge in [-0.25, -0.2) is 4.99 Å². The van der Waals surface area contributed by atoms with Crippen molar-refractivity contribution in [1.82, 2.24) is 20.4 Å². The summed E-state index contributed by atoms with van der Waals surface area (Å²) in [5, 5.41) is 11.4. The highest BCUT2D eigenvalue weighted by molar-refractivity contribution is 14.0. The van der Waals surface area contributed by atoms with Gasteiger partial charge in [0.2, 0.25) is 0 Å². The molecule has 0 radical (unpaired) electrons. The van der Waals surface area contributed by atoms with Crippen molar-refractivity contribution in [2.75, 3.05) is 13.1 Å². The Bertz CT molecular complexity index is 805. The molecule has 1 aromatic carbocycles. The summed E-state index contributed by atoms with van der Waals surface area (Å²) < 4.78 is 1.93. The molecule has 1 fully saturated rings. The third-order valence-corrected chi connectivity index (χ3v) is 5.56. The number of nitrogens with zero attached hydrogens (tertiary/aromatic N) is 3. The van der Waals surface area contributed by atoms with E-state index >= 15 is 0 Å². The van der Waals surface area contributed by atoms with Gasteiger partial charge in [0, 0.05) is 36.8 Å². The first-order chi connectivity index (χ1) is 12.5. The summed E-state index contributed by atoms with van der Waals surface area (Å²) in [6.45, 7) is 10.9. The van der Waals surface area contributed by atoms with Crippen LogP contribution in [0.25, 0.3) is 0 Å². The minimum Gasteiger partial charge on any atom is -0.357 e. The Kier molecular flexibility index (Phi) is 7.31. The van der Waals surface area contributed by atoms with E-state index in [1.54, 1.807) is 0 Å². The number of halogens is 1. The van der Waals surface area contributed by atoms with Crippen molar-refractivity contribution in [3.8, 4) is 0 Å². The first-order valence-electron chi connectivity index (χ1n) is 9.54. The van der Waals surface area contributed by atoms with E-state index in [2.05, 4.69) is 67.7 Å². The molecular formula is C21H32IN5. The number of aromatic nitrogens is 2. The Morgan fingerprint density at radius 2 is 1.89 bits per heavy atom. The molecule has 148 valence electrons. The molecule has 1 heterocycles. The van der Waals surface area contributed by atoms with Gasteiger partial charge in [-0.15, -0.1) is 24.0 Å². The number of nitrogens with one attached hydrogen (secondary N) is 2. The van der Waals surface area contributed by atoms with Gasteiger partial charge >= 0.3 is 0 Å². The smallest absolute Gasteiger partial charge is 0.191 e. The van der Waals surface area contributed by atoms with Crippen molar-refractivity contribution in [3.63, 3.8) is 0 Å². The van der Waals surface area contributed by atoms with Crippen molar-refractivity contribution in [3.05, 3.63) is 52.3 Å². The monoisotopic (exact) mass is 481 g/mol. The second-order valence-electron chi connectivity index (χ2n) is 7.42. The Morgan fingerprint density at radius 1 is 1.19 bits per heavy atom. The van der Waals surface area contributed by atoms with Crippen LogP contribution >= 0.6 is 24.0 Å². The fourth-order valence-corrected chi connectivity index (χ4v) is 3.66. The Morgan fingerprint density at radius 3 is 2.44 bits per heavy atom. The molecule has 3 rings (SSSR count). The molecule has 27 heavy (non-hydrogen) atoms. The molecule has 2 aromatic rings. The minimum atomic E-state index is 0. The van der Waals surface area contributed by atoms with Crippen LogP contribution in [-0.4, -0.2) is 28.8 Å². The Balaban J connectivity index is 0.00000261. The van der Waals surface area contributed by atoms with Gasteiger partial charge in [-0.1, -0.05) is 24.3 Å². The summed E-state index contributed by atoms with van der Waals surface area (Å²) in [4.78, 5) is 4.81. The summed E-state index contributed by atoms with van der Waals surface area (Å²) in [6.07, 6.45) is 2.48. The van der Waals surface area contributed by atoms with E-state index in [4.69, 9.17) is 4.99 Å². The molecule has 2 N–H and O–H groups in total. The second kappa shape index (κ2) is 9.08. The SMILES string of the molecule is CCNC(=NCc1c(C)nn(C)c1C)NCC1(c2ccccc2C)CC1.I. The van der Waals surface area contributed by atoms with Crippen LogP contribution in [-0.2, 0) is 19.0 Å². The largest absolute Gasteiger partial charge is 0.357 e. The highest BCUT2D eigenvalue weighted by Gasteiger charge is 2.44. The van der Waals surface area contributed by atoms with Gasteiger partial charge in [-0.2, -0.15) is 5.10 Å². The molecule has 6 heteroatoms. The number of hydrogen-bond donors (Lipinski definition) is 2. The standard InChI is InChI=1S/C21H31N5.HI/c1-6-22-20(23-13-18-16(3)25-26(5)17(18)4)24-14-21(11-12-21)19-10-8-7-9-15(19)2;/h7-10H,6,11-14H2,1-5H3,(H2,22,23,24);1H. The normalized spacial score (nSPS) is 15.2. The quantitative estimate of drug-likeness (QED) is 0.376. The zero-order valence-corrected chi connectivity index (χ0v) is 19.4. The molecule has 0 amide bonds. The zero-order chi connectivity index (χ0) is 18.7. The average molecular weight is 481 g/mol. The fraction of sp³-hybridized carbons (Fsp3) is 0.524. The van der Waals surface area contributed by atoms with E-state index in [0.29, 0.717) is 6.54 Å². The molecule has 0 bridgehead atoms. The number of aliphatic imine (C=N–C) groups is 1. The highest BCUT2D eigenvalue weighted by atomic mass is 127. The molecule has 0 unspecified atom stereocenters. The van der Waals surface area contributed by atoms with Crippen LogP contribution < -0.4 is 10.6 Å². The van der Waals surface area contributed by atoms with Crippen molar-refractivity contribution in [2.24, 2.45) is 12.0 Å². The number of benzene rings is 1. The fourth-order valence-electron chi connectivity index (χ4n) is 3.66. The summed E-state index contributed by atoms with van der Waals surface area (Å²) in [7, 11) is 1.98. The van der Waals surface area contributed by atoms with Crippen molar-refractivity contribution in [2.45, 2.75) is 52.5 Å². The summed E-state index contributed by atoms with van der Waals surface area (Å²) in [6, 6.07) is 8.75. The third kappa shape index (κ3) is 4.83. The van der Waals surface area contributed by atoms with Crippen LogP contribution in [0, 0.1) is 20.8 Å². The predicted octanol–water partition coefficient (Wildman–Crippen LogP) is 3.75. The number of hydrogen-bond acceptors (Lipinski definition) is 2. The lowest BCUT2D eigenvalue weighted by Gasteiger charge is -2.20. The summed E-state index contributed by atoms with van der Waals surface area (Å²) >= 11 is 0. The second-order valence-corrected chi connectivity index (χ2v) is 7.42. The molecule has 1 aromatic heterocycles. The summed E-state index contributed by atoms with van der Waals surface area (Å²) in [5.74, 6) is 0.884. The summed E-state index contributed by atoms with van der Waals surface area (Å²) in [5.41, 5.74) is 6.58. The lowest BCUT2D eigenvalue weighted by atomic mass is 9.92. The maximum Gasteiger partial charge on any atom is 0.191 e. The van der Waals surface area contributed by atoms with Gasteiger partial charge in [0.05, 0.1) is 12.2 Å². The van der Waals surface area contributed by atoms with Gasteiger partial charge in [-0.05, 0) is 51.7 Å². The first-order valence-corrected chi connectivity index (χ1v) is 9.54. The molecule has 0 atom stereocenters. The van der Waals surface area contributed by atoms with Crippen LogP contribution in [0.2, 0.25) is 0 Å². The topological polar surface area (TPSA) is 54.2 Å². The predicted molar refractivity (Wildman–Crippen MR) is 123 cm³/mol. The minimum absolute atomic E-state index is 0. The maximum absolute atomic E-state index is 4.81. The van der Waals surface area contributed by atoms with Crippen LogP contribution in [0.1, 0.15) is 47.8 Å². The van der Waals surface area contributed by atoms with E-state index in [9.17, 15) is 0 Å². The molecule has 1 aliphatic rings. The molecule has 0 spiro atoms. The maximum atomic E-state index is 4.81. The van der Waals surface area contributed by atoms with Crippen LogP contribution in [0.4, 0.5) is 0 Å². The van der Waals surface area contributed by atoms with Crippen molar-refractivity contribution in [1.29, 1.82) is 0 Å². The van der Waals surface area contributed by atoms with Crippen LogP contribution in [0.5, 0.6) is 0 Å². The van der Waals surface area contributed by atoms with Gasteiger partial charge < -0.3 is 10.6 Å². The molecular weight excluding hydrogens is 449 g/mol. The Labute approximate surface area is 180 Å². The number of rotatable bonds is 6. The number of guanidine groups is 1. The van der Waals surface area contributed by atoms with E-state index in [1.807, 2.05) is 11.7 Å². The third-order valence-electron chi connectivity index (χ3n) is 5.56. The molecule has 5 nitrogen and oxygen atoms in total. The van der Waals surface area contributed by atoms with E-state index in [1.165, 1.54) is 35.2 Å². The van der Waals surface area contributed by atoms with Crippen LogP contribution in [0.15, 0.2) is 29.3 Å². The Hall–Kier alpha value is -1.57. The molecule has 1 aliphatic carbocycles. The van der Waals surface area contributed by atoms with E-state index < -0.39 is 0 Å². The lowest BCUT2D eigenvalue weighted by Crippen LogP contribution is -2.41. The van der Waals surface area contributed by atoms with E-state index in [-0.39, 0.29) is 29.4 Å². The lowest BCUT2D eigenvalue weighted by molar-refractivity contribution is 0.642. The van der Waals surface area contributed by atoms with E-state index in [0.717, 1.165) is 24.7 Å². The zero-order valence-electron chi connectivity index (χ0n) is 17.1. The molecule has 0 saturated heterocycles. The molecule has 1 saturated carbocycles. The van der Waals surface area contributed by atoms with Crippen LogP contribution in [0.3, 0.4) is 0 Å². The van der Waals surface area contributed by atoms with Gasteiger partial charge in [0.15, 0.2) is 5.96 Å². The number of aryl methyl sites for hydroxylation is 3. The van der Waals surface area contributed by atoms with Gasteiger partial charge in [-0.3, -0.25) is 4.68 Å². The first kappa shape index (κ1) is 21.7. The molecule has 0 aliphatic heterocycles. The van der Waals surface area contributed by atoms with Crippen molar-refractivity contribution >= 4 is 29.9 Å². The highest BCUT2D eigenvalue weighted by Crippen LogP contribution is 2.48. The van der Waals surface area contributed by atoms with Crippen molar-refractivity contribution < 1.29 is 0 Å². The average Bonchev–Trinajstić information content (AvgIpc) is 3.35.